The number of benzene rings is 2. The number of nitrogens with zero attached hydrogens (tertiary/aromatic N) is 1. The van der Waals surface area contributed by atoms with Crippen molar-refractivity contribution in [3.05, 3.63) is 84.0 Å². The van der Waals surface area contributed by atoms with Gasteiger partial charge in [-0.05, 0) is 166 Å². The fourth-order valence-electron chi connectivity index (χ4n) is 18.1. The average molecular weight is 854 g/mol. The first-order valence-corrected chi connectivity index (χ1v) is 25.6. The van der Waals surface area contributed by atoms with Gasteiger partial charge in [-0.2, -0.15) is 0 Å². The maximum Gasteiger partial charge on any atom is 0.410 e. The molecule has 0 saturated heterocycles. The summed E-state index contributed by atoms with van der Waals surface area (Å²) >= 11 is 0. The second-order valence-electron chi connectivity index (χ2n) is 24.6. The Morgan fingerprint density at radius 3 is 2.13 bits per heavy atom. The van der Waals surface area contributed by atoms with E-state index in [4.69, 9.17) is 4.74 Å². The summed E-state index contributed by atoms with van der Waals surface area (Å²) in [6, 6.07) is 18.4. The van der Waals surface area contributed by atoms with Crippen LogP contribution in [0.4, 0.5) is 4.79 Å². The van der Waals surface area contributed by atoms with E-state index in [0.29, 0.717) is 37.1 Å². The first-order chi connectivity index (χ1) is 30.1. The fraction of sp³-hybridized carbons (Fsp3) is 0.684. The van der Waals surface area contributed by atoms with E-state index in [1.165, 1.54) is 44.9 Å². The van der Waals surface area contributed by atoms with Crippen molar-refractivity contribution in [2.45, 2.75) is 155 Å². The Morgan fingerprint density at radius 2 is 1.41 bits per heavy atom. The summed E-state index contributed by atoms with van der Waals surface area (Å²) in [4.78, 5) is 33.0. The molecule has 8 fully saturated rings. The molecule has 0 aliphatic heterocycles. The highest BCUT2D eigenvalue weighted by Gasteiger charge is 2.75. The van der Waals surface area contributed by atoms with E-state index in [2.05, 4.69) is 75.9 Å². The molecule has 338 valence electrons. The van der Waals surface area contributed by atoms with Crippen molar-refractivity contribution in [3.8, 4) is 11.1 Å². The standard InChI is InChI=1S/C57H75NO5/c1-36(2)43-16-15-37(3)25-47(43)63-51(61)58(34-54-29-38-26-39(30-54)28-40(27-38)31-54)35-56(62)22-19-49-53(56,5)21-18-48-52(4)20-17-42(59)32-55(52)23-24-57(48,49)46(33-55)50(60)45-14-10-9-13-44(45)41-11-7-6-8-12-41/h6-14,23-24,33,36-40,42-43,47-49,59,62H,15-22,25-32,34-35H2,1-5H3/t37-,38?,39?,40?,42?,43+,47-,48+,49+,52+,53-,54?,55-,56+,57+/m0/s1. The van der Waals surface area contributed by atoms with Gasteiger partial charge in [0.05, 0.1) is 18.2 Å². The summed E-state index contributed by atoms with van der Waals surface area (Å²) in [7, 11) is 0. The van der Waals surface area contributed by atoms with Crippen LogP contribution in [0.1, 0.15) is 148 Å². The van der Waals surface area contributed by atoms with Crippen LogP contribution in [0.3, 0.4) is 0 Å². The van der Waals surface area contributed by atoms with Crippen LogP contribution in [0, 0.1) is 74.4 Å². The molecule has 8 saturated carbocycles. The lowest BCUT2D eigenvalue weighted by Crippen LogP contribution is -2.67. The number of ketones is 1. The lowest BCUT2D eigenvalue weighted by molar-refractivity contribution is -0.177. The number of aliphatic hydroxyl groups excluding tert-OH is 1. The van der Waals surface area contributed by atoms with Crippen LogP contribution in [0.2, 0.25) is 0 Å². The van der Waals surface area contributed by atoms with Gasteiger partial charge < -0.3 is 19.8 Å². The lowest BCUT2D eigenvalue weighted by atomic mass is 9.32. The van der Waals surface area contributed by atoms with Gasteiger partial charge in [0.2, 0.25) is 0 Å². The summed E-state index contributed by atoms with van der Waals surface area (Å²) in [5, 5.41) is 25.0. The summed E-state index contributed by atoms with van der Waals surface area (Å²) in [6.07, 6.45) is 22.7. The van der Waals surface area contributed by atoms with E-state index < -0.39 is 27.9 Å². The number of fused-ring (bicyclic) bond motifs is 1. The fourth-order valence-corrected chi connectivity index (χ4v) is 18.1. The zero-order chi connectivity index (χ0) is 43.7. The van der Waals surface area contributed by atoms with Gasteiger partial charge in [-0.25, -0.2) is 4.79 Å². The maximum atomic E-state index is 15.8. The Balaban J connectivity index is 0.976. The van der Waals surface area contributed by atoms with Crippen molar-refractivity contribution < 1.29 is 24.5 Å². The molecule has 63 heavy (non-hydrogen) atoms. The number of allylic oxidation sites excluding steroid dienone is 4. The molecule has 11 aliphatic rings. The molecule has 2 N–H and O–H groups in total. The Labute approximate surface area is 377 Å². The largest absolute Gasteiger partial charge is 0.446 e. The molecule has 1 amide bonds. The molecular formula is C57H75NO5. The van der Waals surface area contributed by atoms with Crippen molar-refractivity contribution in [3.63, 3.8) is 0 Å². The van der Waals surface area contributed by atoms with E-state index in [1.54, 1.807) is 0 Å². The Hall–Kier alpha value is -3.22. The minimum Gasteiger partial charge on any atom is -0.446 e. The summed E-state index contributed by atoms with van der Waals surface area (Å²) in [6.45, 7) is 12.6. The molecule has 2 aromatic carbocycles. The highest BCUT2D eigenvalue weighted by atomic mass is 16.6. The topological polar surface area (TPSA) is 87.1 Å². The normalized spacial score (nSPS) is 45.3. The number of hydrogen-bond acceptors (Lipinski definition) is 5. The highest BCUT2D eigenvalue weighted by molar-refractivity contribution is 6.14. The van der Waals surface area contributed by atoms with Gasteiger partial charge in [0.1, 0.15) is 6.10 Å². The number of rotatable bonds is 9. The van der Waals surface area contributed by atoms with Crippen LogP contribution in [-0.4, -0.2) is 57.9 Å². The van der Waals surface area contributed by atoms with Crippen molar-refractivity contribution in [2.75, 3.05) is 13.1 Å². The van der Waals surface area contributed by atoms with Gasteiger partial charge in [0.25, 0.3) is 0 Å². The van der Waals surface area contributed by atoms with Crippen LogP contribution >= 0.6 is 0 Å². The Morgan fingerprint density at radius 1 is 0.762 bits per heavy atom. The van der Waals surface area contributed by atoms with Crippen molar-refractivity contribution >= 4 is 11.9 Å². The molecule has 11 aliphatic carbocycles. The number of hydrogen-bond donors (Lipinski definition) is 2. The predicted octanol–water partition coefficient (Wildman–Crippen LogP) is 12.2. The summed E-state index contributed by atoms with van der Waals surface area (Å²) in [5.41, 5.74) is 0.874. The van der Waals surface area contributed by atoms with Crippen LogP contribution < -0.4 is 0 Å². The third-order valence-corrected chi connectivity index (χ3v) is 20.8. The molecule has 6 nitrogen and oxygen atoms in total. The van der Waals surface area contributed by atoms with Gasteiger partial charge in [-0.15, -0.1) is 0 Å². The third kappa shape index (κ3) is 6.35. The summed E-state index contributed by atoms with van der Waals surface area (Å²) in [5.74, 6) is 3.90. The van der Waals surface area contributed by atoms with Crippen molar-refractivity contribution in [2.24, 2.45) is 74.4 Å². The van der Waals surface area contributed by atoms with E-state index in [9.17, 15) is 10.2 Å². The van der Waals surface area contributed by atoms with E-state index >= 15 is 9.59 Å². The van der Waals surface area contributed by atoms with Crippen molar-refractivity contribution in [1.29, 1.82) is 0 Å². The van der Waals surface area contributed by atoms with Gasteiger partial charge in [-0.1, -0.05) is 114 Å². The maximum absolute atomic E-state index is 15.8. The second-order valence-corrected chi connectivity index (χ2v) is 24.6. The van der Waals surface area contributed by atoms with E-state index in [1.807, 2.05) is 36.4 Å². The molecule has 0 heterocycles. The average Bonchev–Trinajstić information content (AvgIpc) is 3.52. The Bertz CT molecular complexity index is 2160. The molecule has 1 unspecified atom stereocenters. The van der Waals surface area contributed by atoms with Crippen LogP contribution in [-0.2, 0) is 4.74 Å². The van der Waals surface area contributed by atoms with E-state index in [0.717, 1.165) is 85.0 Å². The number of Topliss-reactive ketones (excluding diaryl/α,β-unsaturated/α-hetero) is 1. The van der Waals surface area contributed by atoms with Gasteiger partial charge >= 0.3 is 6.09 Å². The summed E-state index contributed by atoms with van der Waals surface area (Å²) < 4.78 is 6.79. The smallest absolute Gasteiger partial charge is 0.410 e. The molecule has 6 heteroatoms. The number of carbonyl (C=O) groups excluding carboxylic acids is 2. The minimum absolute atomic E-state index is 0.00741. The minimum atomic E-state index is -1.14. The monoisotopic (exact) mass is 854 g/mol. The molecule has 0 radical (unpaired) electrons. The van der Waals surface area contributed by atoms with Gasteiger partial charge in [0, 0.05) is 33.9 Å². The van der Waals surface area contributed by atoms with Gasteiger partial charge in [0.15, 0.2) is 5.78 Å². The van der Waals surface area contributed by atoms with Crippen LogP contribution in [0.15, 0.2) is 78.4 Å². The molecule has 2 spiro atoms. The zero-order valence-electron chi connectivity index (χ0n) is 39.0. The molecule has 11 atom stereocenters. The number of ether oxygens (including phenoxy) is 1. The lowest BCUT2D eigenvalue weighted by Gasteiger charge is -2.71. The van der Waals surface area contributed by atoms with Gasteiger partial charge in [-0.3, -0.25) is 4.79 Å². The Kier molecular flexibility index (Phi) is 10.0. The quantitative estimate of drug-likeness (QED) is 0.194. The number of carbonyl (C=O) groups is 2. The SMILES string of the molecule is CC(C)[C@H]1CC[C@H](C)C[C@@H]1OC(=O)N(CC12CC3CC(CC(C3)C1)C2)C[C@]1(O)CC[C@H]2[C@]34C=C[C@@]5(C=C3C(=O)c3ccccc3-c3ccccc3)CC(O)CC[C@]5(C)[C@H]4CC[C@@]21C. The van der Waals surface area contributed by atoms with Crippen LogP contribution in [0.5, 0.6) is 0 Å². The first kappa shape index (κ1) is 42.4. The molecule has 6 bridgehead atoms. The zero-order valence-corrected chi connectivity index (χ0v) is 39.0. The molecule has 13 rings (SSSR count). The van der Waals surface area contributed by atoms with Crippen molar-refractivity contribution in [1.82, 2.24) is 4.90 Å². The molecule has 0 aromatic heterocycles. The van der Waals surface area contributed by atoms with E-state index in [-0.39, 0.29) is 47.2 Å². The van der Waals surface area contributed by atoms with Crippen LogP contribution in [0.25, 0.3) is 11.1 Å². The molecular weight excluding hydrogens is 779 g/mol. The third-order valence-electron chi connectivity index (χ3n) is 20.8. The first-order valence-electron chi connectivity index (χ1n) is 25.6. The second kappa shape index (κ2) is 14.9. The highest BCUT2D eigenvalue weighted by Crippen LogP contribution is 2.78. The molecule has 2 aromatic rings. The predicted molar refractivity (Wildman–Crippen MR) is 249 cm³/mol. The number of amides is 1. The number of aliphatic hydroxyl groups is 2.